The molecular weight excluding hydrogens is 1350 g/mol. The molecule has 3 heterocycles. The molecule has 0 radical (unpaired) electrons. The van der Waals surface area contributed by atoms with Gasteiger partial charge in [-0.3, -0.25) is 4.79 Å². The summed E-state index contributed by atoms with van der Waals surface area (Å²) >= 11 is 0.250. The van der Waals surface area contributed by atoms with Gasteiger partial charge in [0.2, 0.25) is 0 Å². The molecule has 15 rings (SSSR count). The van der Waals surface area contributed by atoms with E-state index in [1.807, 2.05) is 119 Å². The molecule has 9 nitrogen and oxygen atoms in total. The zero-order valence-electron chi connectivity index (χ0n) is 60.9. The predicted molar refractivity (Wildman–Crippen MR) is 391 cm³/mol. The van der Waals surface area contributed by atoms with E-state index < -0.39 is 35.7 Å². The summed E-state index contributed by atoms with van der Waals surface area (Å²) in [7, 11) is 0. The Morgan fingerprint density at radius 2 is 0.673 bits per heavy atom. The quantitative estimate of drug-likeness (QED) is 0.0651. The molecule has 16 heteroatoms. The molecule has 0 aromatic heterocycles. The average molecular weight is 1440 g/mol. The van der Waals surface area contributed by atoms with Crippen molar-refractivity contribution < 1.29 is 120 Å². The van der Waals surface area contributed by atoms with E-state index in [-0.39, 0.29) is 124 Å². The molecule has 3 aliphatic carbocycles. The van der Waals surface area contributed by atoms with Crippen molar-refractivity contribution in [1.29, 1.82) is 0 Å². The fraction of sp³-hybridized carbons (Fsp3) is 0.352. The predicted octanol–water partition coefficient (Wildman–Crippen LogP) is 12.8. The first-order valence-corrected chi connectivity index (χ1v) is 36.9. The first-order valence-electron chi connectivity index (χ1n) is 35.8. The van der Waals surface area contributed by atoms with E-state index in [0.29, 0.717) is 54.3 Å². The number of carboxylic acid groups (broad SMARTS) is 3. The Kier molecular flexibility index (Phi) is 27.1. The fourth-order valence-electron chi connectivity index (χ4n) is 15.6. The zero-order chi connectivity index (χ0) is 72.0. The van der Waals surface area contributed by atoms with Crippen molar-refractivity contribution >= 4 is 30.1 Å². The van der Waals surface area contributed by atoms with Crippen LogP contribution in [0.2, 0.25) is 0 Å². The summed E-state index contributed by atoms with van der Waals surface area (Å²) in [5, 5.41) is 32.8. The molecule has 9 aromatic rings. The van der Waals surface area contributed by atoms with Crippen LogP contribution in [0.4, 0.5) is 17.1 Å². The first kappa shape index (κ1) is 79.4. The summed E-state index contributed by atoms with van der Waals surface area (Å²) in [6.07, 6.45) is 10.4. The Morgan fingerprint density at radius 3 is 0.913 bits per heavy atom. The van der Waals surface area contributed by atoms with Crippen molar-refractivity contribution in [2.75, 3.05) is 26.1 Å². The van der Waals surface area contributed by atoms with Crippen LogP contribution in [0.25, 0.3) is 33.4 Å². The van der Waals surface area contributed by atoms with Crippen molar-refractivity contribution in [2.24, 2.45) is 35.5 Å². The third-order valence-electron chi connectivity index (χ3n) is 21.7. The van der Waals surface area contributed by atoms with Crippen LogP contribution in [0, 0.1) is 73.7 Å². The van der Waals surface area contributed by atoms with Gasteiger partial charge in [-0.15, -0.1) is 0 Å². The van der Waals surface area contributed by atoms with Crippen LogP contribution in [0.3, 0.4) is 0 Å². The summed E-state index contributed by atoms with van der Waals surface area (Å²) in [5.41, 5.74) is 17.7. The molecule has 1 N–H and O–H groups in total. The van der Waals surface area contributed by atoms with Crippen molar-refractivity contribution in [3.8, 4) is 50.6 Å². The Morgan fingerprint density at radius 1 is 0.413 bits per heavy atom. The van der Waals surface area contributed by atoms with Crippen LogP contribution in [-0.2, 0) is 33.6 Å². The Balaban J connectivity index is 0.000000163. The minimum Gasteiger partial charge on any atom is -0.550 e. The number of ether oxygens (including phenoxy) is 3. The molecule has 6 aliphatic rings. The van der Waals surface area contributed by atoms with Gasteiger partial charge >= 0.3 is 65.1 Å². The monoisotopic (exact) mass is 1440 g/mol. The van der Waals surface area contributed by atoms with Gasteiger partial charge in [0.05, 0.1) is 25.7 Å². The SMILES string of the molecule is CSF.Cc1ccc(F)c(-c2ccc(C3COc4ccc([C@H](C5CC5)[C@H](C)C(=O)O)cc4C3)cc2)c1.Cc1ccc(F)c(-c2ccc(C3COc4ccc([C@H](C5CC5)[C@H](C)C(=O)[O-])cc4C3)cc2)c1.Cc1ccc(F)c(-c2ccc(C3COc4ccc([C@H](C5CC5)[C@H](C)C(=O)[O-])cc4C3)cc2)c1.[Na+].[Na+]. The van der Waals surface area contributed by atoms with Crippen molar-refractivity contribution in [1.82, 2.24) is 0 Å². The molecule has 3 aliphatic heterocycles. The summed E-state index contributed by atoms with van der Waals surface area (Å²) < 4.78 is 71.3. The van der Waals surface area contributed by atoms with Crippen molar-refractivity contribution in [2.45, 2.75) is 135 Å². The number of hydrogen-bond acceptors (Lipinski definition) is 9. The summed E-state index contributed by atoms with van der Waals surface area (Å²) in [4.78, 5) is 34.9. The number of benzene rings is 9. The summed E-state index contributed by atoms with van der Waals surface area (Å²) in [5.74, 6) is -0.164. The molecule has 0 saturated heterocycles. The number of carbonyl (C=O) groups is 3. The van der Waals surface area contributed by atoms with Gasteiger partial charge in [0.25, 0.3) is 0 Å². The van der Waals surface area contributed by atoms with Gasteiger partial charge in [-0.2, -0.15) is 3.89 Å². The second-order valence-corrected chi connectivity index (χ2v) is 29.4. The molecule has 3 fully saturated rings. The minimum absolute atomic E-state index is 0. The van der Waals surface area contributed by atoms with Gasteiger partial charge in [0.1, 0.15) is 34.7 Å². The maximum atomic E-state index is 14.3. The second-order valence-electron chi connectivity index (χ2n) is 29.1. The Labute approximate surface area is 657 Å². The Bertz CT molecular complexity index is 4030. The van der Waals surface area contributed by atoms with Gasteiger partial charge in [-0.25, -0.2) is 13.2 Å². The number of aryl methyl sites for hydroxylation is 3. The topological polar surface area (TPSA) is 145 Å². The van der Waals surface area contributed by atoms with E-state index in [0.717, 1.165) is 153 Å². The number of rotatable bonds is 18. The first-order chi connectivity index (χ1) is 49.1. The standard InChI is InChI=1S/3C29H29FO3.CH3FS.2Na/c3*1-17-3-11-26(30)25(13-17)20-6-4-19(5-7-20)24-15-23-14-22(10-12-27(23)33-16-24)28(21-8-9-21)18(2)29(31)32;1-3-2;;/h3*3-7,10-14,18,21,24,28H,8-9,15-16H2,1-2H3,(H,31,32);1H3;;/q;;;;2*+1/p-2/t3*18-,24?,28-;;;/m000.../s1. The van der Waals surface area contributed by atoms with E-state index in [4.69, 9.17) is 14.2 Å². The van der Waals surface area contributed by atoms with Crippen LogP contribution in [0.1, 0.15) is 162 Å². The third kappa shape index (κ3) is 19.2. The fourth-order valence-corrected chi connectivity index (χ4v) is 15.6. The summed E-state index contributed by atoms with van der Waals surface area (Å²) in [6, 6.07) is 58.3. The molecule has 0 bridgehead atoms. The minimum atomic E-state index is -0.983. The van der Waals surface area contributed by atoms with Crippen LogP contribution < -0.4 is 83.5 Å². The number of aliphatic carboxylic acids is 3. The number of halogens is 4. The molecule has 9 aromatic carbocycles. The molecule has 0 spiro atoms. The van der Waals surface area contributed by atoms with Gasteiger partial charge in [0, 0.05) is 76.6 Å². The number of carboxylic acids is 3. The van der Waals surface area contributed by atoms with Crippen LogP contribution in [0.15, 0.2) is 182 Å². The maximum Gasteiger partial charge on any atom is 1.00 e. The van der Waals surface area contributed by atoms with E-state index in [1.54, 1.807) is 32.0 Å². The maximum absolute atomic E-state index is 14.3. The van der Waals surface area contributed by atoms with E-state index >= 15 is 0 Å². The second kappa shape index (κ2) is 35.5. The van der Waals surface area contributed by atoms with Crippen LogP contribution in [-0.4, -0.2) is 49.1 Å². The van der Waals surface area contributed by atoms with E-state index in [9.17, 15) is 46.8 Å². The van der Waals surface area contributed by atoms with E-state index in [1.165, 1.54) is 30.0 Å². The molecular formula is C88H88F4Na2O9S. The molecule has 530 valence electrons. The summed E-state index contributed by atoms with van der Waals surface area (Å²) in [6.45, 7) is 13.0. The van der Waals surface area contributed by atoms with Gasteiger partial charge in [0.15, 0.2) is 0 Å². The zero-order valence-corrected chi connectivity index (χ0v) is 65.7. The van der Waals surface area contributed by atoms with Gasteiger partial charge < -0.3 is 39.1 Å². The molecule has 104 heavy (non-hydrogen) atoms. The van der Waals surface area contributed by atoms with Crippen molar-refractivity contribution in [3.63, 3.8) is 0 Å². The van der Waals surface area contributed by atoms with Gasteiger partial charge in [-0.1, -0.05) is 165 Å². The van der Waals surface area contributed by atoms with Crippen LogP contribution >= 0.6 is 12.1 Å². The largest absolute Gasteiger partial charge is 1.00 e. The number of carbonyl (C=O) groups excluding carboxylic acids is 2. The van der Waals surface area contributed by atoms with Crippen molar-refractivity contribution in [3.05, 3.63) is 266 Å². The normalized spacial score (nSPS) is 18.5. The Hall–Kier alpha value is -7.14. The third-order valence-corrected chi connectivity index (χ3v) is 21.7. The number of fused-ring (bicyclic) bond motifs is 3. The molecule has 3 saturated carbocycles. The van der Waals surface area contributed by atoms with E-state index in [2.05, 4.69) is 54.6 Å². The number of hydrogen-bond donors (Lipinski definition) is 1. The average Bonchev–Trinajstić information content (AvgIpc) is 1.66. The van der Waals surface area contributed by atoms with Gasteiger partial charge in [-0.05, 0) is 235 Å². The van der Waals surface area contributed by atoms with Crippen LogP contribution in [0.5, 0.6) is 17.2 Å². The molecule has 9 atom stereocenters. The molecule has 0 amide bonds. The smallest absolute Gasteiger partial charge is 0.550 e. The molecule has 3 unspecified atom stereocenters.